The van der Waals surface area contributed by atoms with Crippen LogP contribution < -0.4 is 4.74 Å². The highest BCUT2D eigenvalue weighted by molar-refractivity contribution is 5.33. The second-order valence-electron chi connectivity index (χ2n) is 5.38. The summed E-state index contributed by atoms with van der Waals surface area (Å²) in [4.78, 5) is 2.52. The van der Waals surface area contributed by atoms with Gasteiger partial charge in [0.15, 0.2) is 0 Å². The molecule has 0 amide bonds. The van der Waals surface area contributed by atoms with Gasteiger partial charge in [0.1, 0.15) is 5.75 Å². The number of ether oxygens (including phenoxy) is 1. The quantitative estimate of drug-likeness (QED) is 0.855. The van der Waals surface area contributed by atoms with Crippen LogP contribution in [0.25, 0.3) is 0 Å². The molecule has 1 aromatic carbocycles. The van der Waals surface area contributed by atoms with Crippen LogP contribution in [-0.4, -0.2) is 43.4 Å². The van der Waals surface area contributed by atoms with Gasteiger partial charge in [0, 0.05) is 6.61 Å². The smallest absolute Gasteiger partial charge is 0.122 e. The molecule has 3 heteroatoms. The molecule has 0 saturated carbocycles. The largest absolute Gasteiger partial charge is 0.496 e. The van der Waals surface area contributed by atoms with E-state index < -0.39 is 0 Å². The van der Waals surface area contributed by atoms with Crippen molar-refractivity contribution in [3.8, 4) is 5.75 Å². The summed E-state index contributed by atoms with van der Waals surface area (Å²) >= 11 is 0. The Kier molecular flexibility index (Phi) is 5.67. The summed E-state index contributed by atoms with van der Waals surface area (Å²) in [6.45, 7) is 3.78. The third-order valence-corrected chi connectivity index (χ3v) is 4.08. The molecular formula is C16H25NO2. The zero-order chi connectivity index (χ0) is 13.5. The van der Waals surface area contributed by atoms with E-state index in [0.717, 1.165) is 44.6 Å². The van der Waals surface area contributed by atoms with Crippen molar-refractivity contribution in [2.45, 2.75) is 25.7 Å². The molecule has 1 saturated heterocycles. The highest BCUT2D eigenvalue weighted by Crippen LogP contribution is 2.20. The highest BCUT2D eigenvalue weighted by atomic mass is 16.5. The van der Waals surface area contributed by atoms with Crippen molar-refractivity contribution in [2.24, 2.45) is 5.92 Å². The Balaban J connectivity index is 1.72. The fraction of sp³-hybridized carbons (Fsp3) is 0.625. The SMILES string of the molecule is COc1ccccc1CCCN1CCC(CO)CC1. The van der Waals surface area contributed by atoms with Crippen LogP contribution in [0.15, 0.2) is 24.3 Å². The first-order valence-electron chi connectivity index (χ1n) is 7.28. The Labute approximate surface area is 116 Å². The van der Waals surface area contributed by atoms with E-state index in [9.17, 15) is 0 Å². The van der Waals surface area contributed by atoms with E-state index in [-0.39, 0.29) is 0 Å². The number of piperidine rings is 1. The Hall–Kier alpha value is -1.06. The average Bonchev–Trinajstić information content (AvgIpc) is 2.48. The van der Waals surface area contributed by atoms with Crippen molar-refractivity contribution >= 4 is 0 Å². The normalized spacial score (nSPS) is 17.6. The predicted molar refractivity (Wildman–Crippen MR) is 77.6 cm³/mol. The number of aryl methyl sites for hydroxylation is 1. The van der Waals surface area contributed by atoms with E-state index in [1.165, 1.54) is 12.0 Å². The van der Waals surface area contributed by atoms with Crippen molar-refractivity contribution in [1.29, 1.82) is 0 Å². The predicted octanol–water partition coefficient (Wildman–Crippen LogP) is 2.33. The molecule has 19 heavy (non-hydrogen) atoms. The van der Waals surface area contributed by atoms with Gasteiger partial charge in [-0.3, -0.25) is 0 Å². The Morgan fingerprint density at radius 2 is 2.00 bits per heavy atom. The van der Waals surface area contributed by atoms with Crippen LogP contribution in [-0.2, 0) is 6.42 Å². The summed E-state index contributed by atoms with van der Waals surface area (Å²) in [6.07, 6.45) is 4.53. The number of rotatable bonds is 6. The monoisotopic (exact) mass is 263 g/mol. The zero-order valence-electron chi connectivity index (χ0n) is 11.8. The van der Waals surface area contributed by atoms with Crippen LogP contribution in [0.4, 0.5) is 0 Å². The first-order valence-corrected chi connectivity index (χ1v) is 7.28. The number of hydrogen-bond donors (Lipinski definition) is 1. The van der Waals surface area contributed by atoms with Gasteiger partial charge in [-0.25, -0.2) is 0 Å². The zero-order valence-corrected chi connectivity index (χ0v) is 11.8. The number of para-hydroxylation sites is 1. The maximum atomic E-state index is 9.13. The van der Waals surface area contributed by atoms with Crippen LogP contribution in [0, 0.1) is 5.92 Å². The van der Waals surface area contributed by atoms with Gasteiger partial charge in [-0.15, -0.1) is 0 Å². The topological polar surface area (TPSA) is 32.7 Å². The molecule has 1 aliphatic heterocycles. The minimum atomic E-state index is 0.356. The maximum Gasteiger partial charge on any atom is 0.122 e. The first kappa shape index (κ1) is 14.4. The molecule has 1 aromatic rings. The molecule has 2 rings (SSSR count). The summed E-state index contributed by atoms with van der Waals surface area (Å²) in [5.41, 5.74) is 1.30. The molecule has 0 aliphatic carbocycles. The van der Waals surface area contributed by atoms with E-state index >= 15 is 0 Å². The van der Waals surface area contributed by atoms with Gasteiger partial charge in [0.05, 0.1) is 7.11 Å². The van der Waals surface area contributed by atoms with E-state index in [2.05, 4.69) is 17.0 Å². The lowest BCUT2D eigenvalue weighted by Crippen LogP contribution is -2.35. The van der Waals surface area contributed by atoms with Gasteiger partial charge in [-0.05, 0) is 62.9 Å². The van der Waals surface area contributed by atoms with Crippen LogP contribution in [0.2, 0.25) is 0 Å². The summed E-state index contributed by atoms with van der Waals surface area (Å²) < 4.78 is 5.38. The van der Waals surface area contributed by atoms with Gasteiger partial charge in [0.25, 0.3) is 0 Å². The van der Waals surface area contributed by atoms with Gasteiger partial charge in [-0.1, -0.05) is 18.2 Å². The molecule has 0 atom stereocenters. The van der Waals surface area contributed by atoms with E-state index in [1.54, 1.807) is 7.11 Å². The van der Waals surface area contributed by atoms with Crippen molar-refractivity contribution in [2.75, 3.05) is 33.4 Å². The lowest BCUT2D eigenvalue weighted by Gasteiger charge is -2.31. The van der Waals surface area contributed by atoms with Gasteiger partial charge in [-0.2, -0.15) is 0 Å². The van der Waals surface area contributed by atoms with Crippen LogP contribution in [0.1, 0.15) is 24.8 Å². The van der Waals surface area contributed by atoms with Gasteiger partial charge < -0.3 is 14.7 Å². The molecule has 1 heterocycles. The molecular weight excluding hydrogens is 238 g/mol. The van der Waals surface area contributed by atoms with Crippen molar-refractivity contribution in [3.05, 3.63) is 29.8 Å². The third-order valence-electron chi connectivity index (χ3n) is 4.08. The van der Waals surface area contributed by atoms with Crippen molar-refractivity contribution in [3.63, 3.8) is 0 Å². The third kappa shape index (κ3) is 4.22. The Bertz CT molecular complexity index is 373. The summed E-state index contributed by atoms with van der Waals surface area (Å²) in [6, 6.07) is 8.27. The summed E-state index contributed by atoms with van der Waals surface area (Å²) in [5.74, 6) is 1.53. The fourth-order valence-corrected chi connectivity index (χ4v) is 2.80. The lowest BCUT2D eigenvalue weighted by atomic mass is 9.97. The summed E-state index contributed by atoms with van der Waals surface area (Å²) in [7, 11) is 1.73. The number of nitrogens with zero attached hydrogens (tertiary/aromatic N) is 1. The standard InChI is InChI=1S/C16H25NO2/c1-19-16-7-3-2-5-15(16)6-4-10-17-11-8-14(13-18)9-12-17/h2-3,5,7,14,18H,4,6,8-13H2,1H3. The number of hydrogen-bond acceptors (Lipinski definition) is 3. The second kappa shape index (κ2) is 7.51. The van der Waals surface area contributed by atoms with Crippen molar-refractivity contribution < 1.29 is 9.84 Å². The lowest BCUT2D eigenvalue weighted by molar-refractivity contribution is 0.131. The molecule has 0 unspecified atom stereocenters. The van der Waals surface area contributed by atoms with Crippen LogP contribution in [0.3, 0.4) is 0 Å². The van der Waals surface area contributed by atoms with Crippen LogP contribution >= 0.6 is 0 Å². The highest BCUT2D eigenvalue weighted by Gasteiger charge is 2.17. The number of likely N-dealkylation sites (tertiary alicyclic amines) is 1. The minimum Gasteiger partial charge on any atom is -0.496 e. The minimum absolute atomic E-state index is 0.356. The molecule has 0 radical (unpaired) electrons. The van der Waals surface area contributed by atoms with E-state index in [0.29, 0.717) is 12.5 Å². The molecule has 1 fully saturated rings. The molecule has 1 aliphatic rings. The number of benzene rings is 1. The molecule has 1 N–H and O–H groups in total. The van der Waals surface area contributed by atoms with E-state index in [1.807, 2.05) is 12.1 Å². The van der Waals surface area contributed by atoms with Gasteiger partial charge in [0.2, 0.25) is 0 Å². The van der Waals surface area contributed by atoms with Crippen LogP contribution in [0.5, 0.6) is 5.75 Å². The summed E-state index contributed by atoms with van der Waals surface area (Å²) in [5, 5.41) is 9.13. The molecule has 0 bridgehead atoms. The van der Waals surface area contributed by atoms with E-state index in [4.69, 9.17) is 9.84 Å². The molecule has 0 aromatic heterocycles. The molecule has 106 valence electrons. The number of methoxy groups -OCH3 is 1. The molecule has 3 nitrogen and oxygen atoms in total. The molecule has 0 spiro atoms. The number of aliphatic hydroxyl groups excluding tert-OH is 1. The second-order valence-corrected chi connectivity index (χ2v) is 5.38. The maximum absolute atomic E-state index is 9.13. The van der Waals surface area contributed by atoms with Gasteiger partial charge >= 0.3 is 0 Å². The number of aliphatic hydroxyl groups is 1. The fourth-order valence-electron chi connectivity index (χ4n) is 2.80. The Morgan fingerprint density at radius 1 is 1.26 bits per heavy atom. The average molecular weight is 263 g/mol. The first-order chi connectivity index (χ1) is 9.33. The van der Waals surface area contributed by atoms with Crippen molar-refractivity contribution in [1.82, 2.24) is 4.90 Å². The Morgan fingerprint density at radius 3 is 2.68 bits per heavy atom.